The average Bonchev–Trinajstić information content (AvgIpc) is 3.12. The van der Waals surface area contributed by atoms with E-state index < -0.39 is 0 Å². The Morgan fingerprint density at radius 1 is 1.32 bits per heavy atom. The van der Waals surface area contributed by atoms with Crippen LogP contribution in [0.5, 0.6) is 0 Å². The zero-order valence-corrected chi connectivity index (χ0v) is 19.6. The molecular formula is C24H32N4O2S. The summed E-state index contributed by atoms with van der Waals surface area (Å²) < 4.78 is 0. The van der Waals surface area contributed by atoms with E-state index >= 15 is 0 Å². The molecule has 31 heavy (non-hydrogen) atoms. The van der Waals surface area contributed by atoms with Gasteiger partial charge in [0.05, 0.1) is 12.1 Å². The predicted molar refractivity (Wildman–Crippen MR) is 126 cm³/mol. The molecule has 0 aliphatic carbocycles. The highest BCUT2D eigenvalue weighted by atomic mass is 32.1. The van der Waals surface area contributed by atoms with Gasteiger partial charge in [0.2, 0.25) is 11.8 Å². The number of nitrogens with one attached hydrogen (secondary N) is 1. The first-order chi connectivity index (χ1) is 15.0. The van der Waals surface area contributed by atoms with Crippen molar-refractivity contribution in [3.63, 3.8) is 0 Å². The third-order valence-electron chi connectivity index (χ3n) is 5.47. The third-order valence-corrected chi connectivity index (χ3v) is 6.60. The predicted octanol–water partition coefficient (Wildman–Crippen LogP) is 4.95. The maximum atomic E-state index is 12.7. The van der Waals surface area contributed by atoms with Gasteiger partial charge in [-0.3, -0.25) is 9.59 Å². The number of anilines is 1. The average molecular weight is 441 g/mol. The van der Waals surface area contributed by atoms with Gasteiger partial charge in [0.15, 0.2) is 0 Å². The molecule has 0 bridgehead atoms. The van der Waals surface area contributed by atoms with Gasteiger partial charge in [-0.1, -0.05) is 31.2 Å². The van der Waals surface area contributed by atoms with E-state index in [-0.39, 0.29) is 11.8 Å². The second-order valence-electron chi connectivity index (χ2n) is 7.39. The van der Waals surface area contributed by atoms with Gasteiger partial charge in [-0.2, -0.15) is 5.26 Å². The fourth-order valence-corrected chi connectivity index (χ4v) is 4.84. The fraction of sp³-hybridized carbons (Fsp3) is 0.458. The Balaban J connectivity index is 2.03. The summed E-state index contributed by atoms with van der Waals surface area (Å²) >= 11 is 1.42. The molecule has 1 N–H and O–H groups in total. The molecule has 2 amide bonds. The van der Waals surface area contributed by atoms with E-state index in [2.05, 4.69) is 31.0 Å². The zero-order chi connectivity index (χ0) is 22.8. The van der Waals surface area contributed by atoms with E-state index in [1.807, 2.05) is 35.9 Å². The van der Waals surface area contributed by atoms with Gasteiger partial charge in [0.25, 0.3) is 0 Å². The Labute approximate surface area is 189 Å². The largest absolute Gasteiger partial charge is 0.355 e. The fourth-order valence-electron chi connectivity index (χ4n) is 3.61. The van der Waals surface area contributed by atoms with Crippen LogP contribution < -0.4 is 5.32 Å². The maximum absolute atomic E-state index is 12.7. The van der Waals surface area contributed by atoms with Crippen molar-refractivity contribution in [1.82, 2.24) is 9.80 Å². The number of nitriles is 1. The molecule has 0 aromatic carbocycles. The SMILES string of the molecule is C=CN(/C=C\C)CCC(=O)N1CCc2c(sc(NC(=O)CC/C(=C/C)CC)c2C#N)C1. The highest BCUT2D eigenvalue weighted by Crippen LogP contribution is 2.37. The number of allylic oxidation sites excluding steroid dienone is 3. The van der Waals surface area contributed by atoms with E-state index in [0.717, 1.165) is 23.3 Å². The molecule has 0 saturated heterocycles. The van der Waals surface area contributed by atoms with Crippen molar-refractivity contribution in [3.8, 4) is 6.07 Å². The number of fused-ring (bicyclic) bond motifs is 1. The molecular weight excluding hydrogens is 408 g/mol. The first-order valence-corrected chi connectivity index (χ1v) is 11.6. The lowest BCUT2D eigenvalue weighted by Gasteiger charge is -2.27. The second kappa shape index (κ2) is 12.1. The molecule has 166 valence electrons. The number of amides is 2. The lowest BCUT2D eigenvalue weighted by Crippen LogP contribution is -2.36. The second-order valence-corrected chi connectivity index (χ2v) is 8.49. The maximum Gasteiger partial charge on any atom is 0.225 e. The molecule has 0 spiro atoms. The molecule has 0 atom stereocenters. The van der Waals surface area contributed by atoms with Gasteiger partial charge in [-0.05, 0) is 51.1 Å². The summed E-state index contributed by atoms with van der Waals surface area (Å²) in [6.07, 6.45) is 10.6. The van der Waals surface area contributed by atoms with Crippen LogP contribution >= 0.6 is 11.3 Å². The van der Waals surface area contributed by atoms with Gasteiger partial charge >= 0.3 is 0 Å². The summed E-state index contributed by atoms with van der Waals surface area (Å²) in [5, 5.41) is 13.2. The standard InChI is InChI=1S/C24H32N4O2S/c1-5-13-27(8-4)14-12-23(30)28-15-11-19-20(16-25)24(31-21(19)17-28)26-22(29)10-9-18(6-2)7-3/h5-6,8,13H,4,7,9-12,14-15,17H2,1-3H3,(H,26,29)/b13-5-,18-6+. The summed E-state index contributed by atoms with van der Waals surface area (Å²) in [5.41, 5.74) is 2.77. The molecule has 6 nitrogen and oxygen atoms in total. The molecule has 0 unspecified atom stereocenters. The topological polar surface area (TPSA) is 76.4 Å². The zero-order valence-electron chi connectivity index (χ0n) is 18.7. The van der Waals surface area contributed by atoms with Crippen LogP contribution in [0.2, 0.25) is 0 Å². The van der Waals surface area contributed by atoms with Gasteiger partial charge in [0.1, 0.15) is 11.1 Å². The highest BCUT2D eigenvalue weighted by Gasteiger charge is 2.27. The minimum atomic E-state index is -0.0793. The number of carbonyl (C=O) groups is 2. The van der Waals surface area contributed by atoms with Crippen LogP contribution in [0.15, 0.2) is 36.7 Å². The number of carbonyl (C=O) groups excluding carboxylic acids is 2. The lowest BCUT2D eigenvalue weighted by atomic mass is 10.0. The van der Waals surface area contributed by atoms with Crippen LogP contribution in [0.4, 0.5) is 5.00 Å². The molecule has 1 aliphatic rings. The number of nitrogens with zero attached hydrogens (tertiary/aromatic N) is 3. The van der Waals surface area contributed by atoms with Gasteiger partial charge < -0.3 is 15.1 Å². The smallest absolute Gasteiger partial charge is 0.225 e. The molecule has 7 heteroatoms. The first kappa shape index (κ1) is 24.4. The Bertz CT molecular complexity index is 907. The normalized spacial score (nSPS) is 13.6. The summed E-state index contributed by atoms with van der Waals surface area (Å²) in [6, 6.07) is 2.26. The van der Waals surface area contributed by atoms with E-state index in [1.54, 1.807) is 6.20 Å². The van der Waals surface area contributed by atoms with Gasteiger partial charge in [-0.15, -0.1) is 11.3 Å². The van der Waals surface area contributed by atoms with Crippen molar-refractivity contribution in [2.45, 2.75) is 59.4 Å². The van der Waals surface area contributed by atoms with E-state index in [0.29, 0.717) is 49.5 Å². The summed E-state index contributed by atoms with van der Waals surface area (Å²) in [7, 11) is 0. The van der Waals surface area contributed by atoms with Gasteiger partial charge in [0, 0.05) is 30.8 Å². The molecule has 0 saturated carbocycles. The van der Waals surface area contributed by atoms with Crippen LogP contribution in [-0.2, 0) is 22.6 Å². The molecule has 0 fully saturated rings. The van der Waals surface area contributed by atoms with Crippen molar-refractivity contribution >= 4 is 28.2 Å². The lowest BCUT2D eigenvalue weighted by molar-refractivity contribution is -0.132. The highest BCUT2D eigenvalue weighted by molar-refractivity contribution is 7.16. The van der Waals surface area contributed by atoms with Crippen molar-refractivity contribution < 1.29 is 9.59 Å². The minimum absolute atomic E-state index is 0.0793. The van der Waals surface area contributed by atoms with E-state index in [9.17, 15) is 14.9 Å². The Hall–Kier alpha value is -2.85. The minimum Gasteiger partial charge on any atom is -0.355 e. The van der Waals surface area contributed by atoms with Crippen LogP contribution in [0.3, 0.4) is 0 Å². The van der Waals surface area contributed by atoms with Gasteiger partial charge in [-0.25, -0.2) is 0 Å². The number of hydrogen-bond donors (Lipinski definition) is 1. The first-order valence-electron chi connectivity index (χ1n) is 10.7. The van der Waals surface area contributed by atoms with Crippen molar-refractivity contribution in [3.05, 3.63) is 52.7 Å². The van der Waals surface area contributed by atoms with Crippen LogP contribution in [-0.4, -0.2) is 34.7 Å². The van der Waals surface area contributed by atoms with E-state index in [4.69, 9.17) is 0 Å². The summed E-state index contributed by atoms with van der Waals surface area (Å²) in [5.74, 6) is 0.00210. The molecule has 2 rings (SSSR count). The molecule has 0 radical (unpaired) electrons. The van der Waals surface area contributed by atoms with Crippen molar-refractivity contribution in [1.29, 1.82) is 5.26 Å². The van der Waals surface area contributed by atoms with Crippen LogP contribution in [0.25, 0.3) is 0 Å². The molecule has 1 aromatic rings. The summed E-state index contributed by atoms with van der Waals surface area (Å²) in [4.78, 5) is 29.8. The van der Waals surface area contributed by atoms with Crippen LogP contribution in [0, 0.1) is 11.3 Å². The Morgan fingerprint density at radius 2 is 2.10 bits per heavy atom. The Kier molecular flexibility index (Phi) is 9.54. The van der Waals surface area contributed by atoms with Crippen molar-refractivity contribution in [2.75, 3.05) is 18.4 Å². The van der Waals surface area contributed by atoms with Crippen LogP contribution in [0.1, 0.15) is 62.5 Å². The number of rotatable bonds is 10. The van der Waals surface area contributed by atoms with Crippen molar-refractivity contribution in [2.24, 2.45) is 0 Å². The quantitative estimate of drug-likeness (QED) is 0.522. The summed E-state index contributed by atoms with van der Waals surface area (Å²) in [6.45, 7) is 11.4. The number of hydrogen-bond acceptors (Lipinski definition) is 5. The molecule has 2 heterocycles. The monoisotopic (exact) mass is 440 g/mol. The third kappa shape index (κ3) is 6.56. The number of thiophene rings is 1. The Morgan fingerprint density at radius 3 is 2.71 bits per heavy atom. The molecule has 1 aromatic heterocycles. The molecule has 1 aliphatic heterocycles. The van der Waals surface area contributed by atoms with E-state index in [1.165, 1.54) is 16.9 Å².